The van der Waals surface area contributed by atoms with E-state index >= 15 is 0 Å². The molecule has 0 amide bonds. The van der Waals surface area contributed by atoms with E-state index in [2.05, 4.69) is 0 Å². The Morgan fingerprint density at radius 2 is 1.95 bits per heavy atom. The zero-order valence-electron chi connectivity index (χ0n) is 10.6. The highest BCUT2D eigenvalue weighted by molar-refractivity contribution is 5.42. The Morgan fingerprint density at radius 3 is 2.58 bits per heavy atom. The first-order valence-corrected chi connectivity index (χ1v) is 5.79. The van der Waals surface area contributed by atoms with Gasteiger partial charge in [-0.2, -0.15) is 18.4 Å². The Hall–Kier alpha value is -1.74. The number of nitriles is 1. The summed E-state index contributed by atoms with van der Waals surface area (Å²) in [5.41, 5.74) is 0.417. The molecule has 0 aliphatic rings. The average Bonchev–Trinajstić information content (AvgIpc) is 2.36. The first kappa shape index (κ1) is 15.3. The SMILES string of the molecule is CN(CCOc1ccccc1C#N)CCC(F)(F)F. The Bertz CT molecular complexity index is 440. The molecule has 0 radical (unpaired) electrons. The summed E-state index contributed by atoms with van der Waals surface area (Å²) in [4.78, 5) is 1.54. The van der Waals surface area contributed by atoms with Crippen LogP contribution in [-0.4, -0.2) is 37.8 Å². The molecule has 1 aromatic rings. The van der Waals surface area contributed by atoms with Gasteiger partial charge in [0.2, 0.25) is 0 Å². The summed E-state index contributed by atoms with van der Waals surface area (Å²) in [6.45, 7) is 0.551. The minimum absolute atomic E-state index is 0.0627. The molecule has 0 saturated heterocycles. The molecule has 0 aliphatic heterocycles. The number of nitrogens with zero attached hydrogens (tertiary/aromatic N) is 2. The van der Waals surface area contributed by atoms with E-state index in [1.165, 1.54) is 0 Å². The number of likely N-dealkylation sites (N-methyl/N-ethyl adjacent to an activating group) is 1. The van der Waals surface area contributed by atoms with Gasteiger partial charge in [0.25, 0.3) is 0 Å². The van der Waals surface area contributed by atoms with Crippen molar-refractivity contribution in [2.75, 3.05) is 26.7 Å². The minimum atomic E-state index is -4.14. The average molecular weight is 272 g/mol. The lowest BCUT2D eigenvalue weighted by Gasteiger charge is -2.18. The lowest BCUT2D eigenvalue weighted by molar-refractivity contribution is -0.137. The molecule has 3 nitrogen and oxygen atoms in total. The van der Waals surface area contributed by atoms with Crippen molar-refractivity contribution in [3.63, 3.8) is 0 Å². The fourth-order valence-electron chi connectivity index (χ4n) is 1.43. The van der Waals surface area contributed by atoms with E-state index in [-0.39, 0.29) is 13.2 Å². The molecule has 0 unspecified atom stereocenters. The van der Waals surface area contributed by atoms with Crippen LogP contribution in [0.1, 0.15) is 12.0 Å². The van der Waals surface area contributed by atoms with Crippen molar-refractivity contribution >= 4 is 0 Å². The van der Waals surface area contributed by atoms with Gasteiger partial charge >= 0.3 is 6.18 Å². The third-order valence-corrected chi connectivity index (χ3v) is 2.52. The predicted molar refractivity (Wildman–Crippen MR) is 64.8 cm³/mol. The molecule has 0 heterocycles. The molecule has 0 fully saturated rings. The van der Waals surface area contributed by atoms with Crippen molar-refractivity contribution in [2.45, 2.75) is 12.6 Å². The van der Waals surface area contributed by atoms with Crippen LogP contribution in [0.25, 0.3) is 0 Å². The minimum Gasteiger partial charge on any atom is -0.491 e. The van der Waals surface area contributed by atoms with E-state index in [0.29, 0.717) is 17.9 Å². The summed E-state index contributed by atoms with van der Waals surface area (Å²) in [5.74, 6) is 0.453. The van der Waals surface area contributed by atoms with Crippen molar-refractivity contribution in [2.24, 2.45) is 0 Å². The molecule has 0 aliphatic carbocycles. The topological polar surface area (TPSA) is 36.3 Å². The van der Waals surface area contributed by atoms with Crippen LogP contribution in [0.3, 0.4) is 0 Å². The Balaban J connectivity index is 2.32. The maximum absolute atomic E-state index is 12.0. The quantitative estimate of drug-likeness (QED) is 0.799. The normalized spacial score (nSPS) is 11.4. The fraction of sp³-hybridized carbons (Fsp3) is 0.462. The lowest BCUT2D eigenvalue weighted by atomic mass is 10.2. The fourth-order valence-corrected chi connectivity index (χ4v) is 1.43. The second-order valence-electron chi connectivity index (χ2n) is 4.12. The van der Waals surface area contributed by atoms with E-state index in [1.807, 2.05) is 6.07 Å². The van der Waals surface area contributed by atoms with E-state index in [1.54, 1.807) is 36.2 Å². The van der Waals surface area contributed by atoms with Gasteiger partial charge in [-0.25, -0.2) is 0 Å². The smallest absolute Gasteiger partial charge is 0.390 e. The molecule has 0 spiro atoms. The molecule has 0 bridgehead atoms. The van der Waals surface area contributed by atoms with E-state index in [9.17, 15) is 13.2 Å². The van der Waals surface area contributed by atoms with Crippen molar-refractivity contribution in [3.8, 4) is 11.8 Å². The highest BCUT2D eigenvalue weighted by Gasteiger charge is 2.26. The van der Waals surface area contributed by atoms with Crippen LogP contribution in [0.2, 0.25) is 0 Å². The number of rotatable bonds is 6. The van der Waals surface area contributed by atoms with E-state index in [0.717, 1.165) is 0 Å². The van der Waals surface area contributed by atoms with Gasteiger partial charge in [-0.05, 0) is 19.2 Å². The Kier molecular flexibility index (Phi) is 5.64. The highest BCUT2D eigenvalue weighted by atomic mass is 19.4. The van der Waals surface area contributed by atoms with E-state index < -0.39 is 12.6 Å². The summed E-state index contributed by atoms with van der Waals surface area (Å²) in [5, 5.41) is 8.84. The number of ether oxygens (including phenoxy) is 1. The first-order valence-electron chi connectivity index (χ1n) is 5.79. The monoisotopic (exact) mass is 272 g/mol. The number of benzene rings is 1. The molecular formula is C13H15F3N2O. The van der Waals surface area contributed by atoms with Crippen LogP contribution in [0, 0.1) is 11.3 Å². The van der Waals surface area contributed by atoms with Crippen LogP contribution in [-0.2, 0) is 0 Å². The number of para-hydroxylation sites is 1. The number of halogens is 3. The summed E-state index contributed by atoms with van der Waals surface area (Å²) >= 11 is 0. The third kappa shape index (κ3) is 6.11. The van der Waals surface area contributed by atoms with Crippen LogP contribution in [0.5, 0.6) is 5.75 Å². The molecular weight excluding hydrogens is 257 g/mol. The van der Waals surface area contributed by atoms with Gasteiger partial charge in [0, 0.05) is 13.1 Å². The van der Waals surface area contributed by atoms with E-state index in [4.69, 9.17) is 10.00 Å². The Labute approximate surface area is 110 Å². The van der Waals surface area contributed by atoms with Gasteiger partial charge in [-0.1, -0.05) is 12.1 Å². The van der Waals surface area contributed by atoms with Gasteiger partial charge in [-0.15, -0.1) is 0 Å². The van der Waals surface area contributed by atoms with Crippen LogP contribution < -0.4 is 4.74 Å². The first-order chi connectivity index (χ1) is 8.92. The van der Waals surface area contributed by atoms with Crippen molar-refractivity contribution < 1.29 is 17.9 Å². The molecule has 0 atom stereocenters. The highest BCUT2D eigenvalue weighted by Crippen LogP contribution is 2.19. The lowest BCUT2D eigenvalue weighted by Crippen LogP contribution is -2.28. The Morgan fingerprint density at radius 1 is 1.26 bits per heavy atom. The van der Waals surface area contributed by atoms with Gasteiger partial charge in [-0.3, -0.25) is 0 Å². The second-order valence-corrected chi connectivity index (χ2v) is 4.12. The summed E-state index contributed by atoms with van der Waals surface area (Å²) in [6, 6.07) is 8.74. The van der Waals surface area contributed by atoms with Gasteiger partial charge in [0.05, 0.1) is 12.0 Å². The van der Waals surface area contributed by atoms with Crippen LogP contribution >= 0.6 is 0 Å². The van der Waals surface area contributed by atoms with Crippen molar-refractivity contribution in [1.29, 1.82) is 5.26 Å². The molecule has 1 rings (SSSR count). The van der Waals surface area contributed by atoms with Gasteiger partial charge in [0.1, 0.15) is 18.4 Å². The van der Waals surface area contributed by atoms with Crippen molar-refractivity contribution in [1.82, 2.24) is 4.90 Å². The molecule has 6 heteroatoms. The second kappa shape index (κ2) is 7.00. The summed E-state index contributed by atoms with van der Waals surface area (Å²) in [7, 11) is 1.60. The zero-order valence-corrected chi connectivity index (χ0v) is 10.6. The third-order valence-electron chi connectivity index (χ3n) is 2.52. The maximum Gasteiger partial charge on any atom is 0.390 e. The number of hydrogen-bond acceptors (Lipinski definition) is 3. The van der Waals surface area contributed by atoms with Gasteiger partial charge in [0.15, 0.2) is 0 Å². The van der Waals surface area contributed by atoms with Crippen molar-refractivity contribution in [3.05, 3.63) is 29.8 Å². The molecule has 1 aromatic carbocycles. The number of alkyl halides is 3. The molecule has 104 valence electrons. The zero-order chi connectivity index (χ0) is 14.3. The maximum atomic E-state index is 12.0. The largest absolute Gasteiger partial charge is 0.491 e. The van der Waals surface area contributed by atoms with Crippen LogP contribution in [0.15, 0.2) is 24.3 Å². The predicted octanol–water partition coefficient (Wildman–Crippen LogP) is 2.82. The standard InChI is InChI=1S/C13H15F3N2O/c1-18(7-6-13(14,15)16)8-9-19-12-5-3-2-4-11(12)10-17/h2-5H,6-9H2,1H3. The summed E-state index contributed by atoms with van der Waals surface area (Å²) in [6.07, 6.45) is -4.97. The molecule has 0 saturated carbocycles. The molecule has 19 heavy (non-hydrogen) atoms. The number of hydrogen-bond donors (Lipinski definition) is 0. The van der Waals surface area contributed by atoms with Crippen LogP contribution in [0.4, 0.5) is 13.2 Å². The summed E-state index contributed by atoms with van der Waals surface area (Å²) < 4.78 is 41.4. The molecule has 0 aromatic heterocycles. The van der Waals surface area contributed by atoms with Gasteiger partial charge < -0.3 is 9.64 Å². The molecule has 0 N–H and O–H groups in total.